The van der Waals surface area contributed by atoms with Gasteiger partial charge < -0.3 is 10.1 Å². The van der Waals surface area contributed by atoms with Gasteiger partial charge in [0, 0.05) is 46.7 Å². The minimum Gasteiger partial charge on any atom is -0.444 e. The molecule has 0 bridgehead atoms. The Kier molecular flexibility index (Phi) is 7.03. The number of halogens is 1. The van der Waals surface area contributed by atoms with Crippen LogP contribution >= 0.6 is 11.6 Å². The monoisotopic (exact) mass is 466 g/mol. The number of nitrogens with one attached hydrogen (secondary N) is 2. The van der Waals surface area contributed by atoms with Crippen LogP contribution in [-0.4, -0.2) is 33.4 Å². The van der Waals surface area contributed by atoms with E-state index < -0.39 is 5.60 Å². The number of hydrogen-bond donors (Lipinski definition) is 2. The summed E-state index contributed by atoms with van der Waals surface area (Å²) >= 11 is 6.10. The highest BCUT2D eigenvalue weighted by Crippen LogP contribution is 2.42. The zero-order valence-electron chi connectivity index (χ0n) is 19.4. The number of carbonyl (C=O) groups is 1. The van der Waals surface area contributed by atoms with Crippen molar-refractivity contribution in [3.8, 4) is 22.4 Å². The van der Waals surface area contributed by atoms with Gasteiger partial charge in [0.1, 0.15) is 11.3 Å². The van der Waals surface area contributed by atoms with Gasteiger partial charge in [-0.25, -0.2) is 4.79 Å². The predicted octanol–water partition coefficient (Wildman–Crippen LogP) is 6.59. The number of aromatic nitrogens is 3. The van der Waals surface area contributed by atoms with Gasteiger partial charge in [0.15, 0.2) is 0 Å². The Labute approximate surface area is 200 Å². The van der Waals surface area contributed by atoms with E-state index >= 15 is 0 Å². The van der Waals surface area contributed by atoms with Crippen molar-refractivity contribution in [2.75, 3.05) is 6.54 Å². The van der Waals surface area contributed by atoms with E-state index in [1.54, 1.807) is 0 Å². The Morgan fingerprint density at radius 1 is 1.06 bits per heavy atom. The fourth-order valence-corrected chi connectivity index (χ4v) is 4.60. The highest BCUT2D eigenvalue weighted by atomic mass is 35.5. The molecule has 3 aromatic rings. The number of nitrogens with zero attached hydrogens (tertiary/aromatic N) is 2. The summed E-state index contributed by atoms with van der Waals surface area (Å²) in [5, 5.41) is 11.7. The van der Waals surface area contributed by atoms with E-state index in [1.807, 2.05) is 69.6 Å². The third-order valence-electron chi connectivity index (χ3n) is 6.07. The zero-order chi connectivity index (χ0) is 23.4. The first-order valence-corrected chi connectivity index (χ1v) is 11.9. The molecule has 2 heterocycles. The average molecular weight is 467 g/mol. The van der Waals surface area contributed by atoms with Crippen LogP contribution in [0.5, 0.6) is 0 Å². The Balaban J connectivity index is 1.49. The number of ether oxygens (including phenoxy) is 1. The van der Waals surface area contributed by atoms with Gasteiger partial charge in [0.25, 0.3) is 0 Å². The van der Waals surface area contributed by atoms with Gasteiger partial charge in [0.05, 0.1) is 0 Å². The zero-order valence-corrected chi connectivity index (χ0v) is 20.2. The molecule has 2 aromatic heterocycles. The maximum absolute atomic E-state index is 12.0. The summed E-state index contributed by atoms with van der Waals surface area (Å²) < 4.78 is 5.36. The second-order valence-corrected chi connectivity index (χ2v) is 10.1. The maximum atomic E-state index is 12.0. The molecule has 0 unspecified atom stereocenters. The van der Waals surface area contributed by atoms with Crippen LogP contribution in [0.25, 0.3) is 22.4 Å². The van der Waals surface area contributed by atoms with Crippen LogP contribution in [0, 0.1) is 5.92 Å². The summed E-state index contributed by atoms with van der Waals surface area (Å²) in [6, 6.07) is 11.9. The van der Waals surface area contributed by atoms with Gasteiger partial charge in [-0.15, -0.1) is 0 Å². The number of pyridine rings is 1. The molecule has 33 heavy (non-hydrogen) atoms. The number of benzene rings is 1. The molecule has 7 heteroatoms. The van der Waals surface area contributed by atoms with E-state index in [0.717, 1.165) is 48.1 Å². The third kappa shape index (κ3) is 5.93. The van der Waals surface area contributed by atoms with Gasteiger partial charge in [-0.1, -0.05) is 23.7 Å². The molecule has 6 nitrogen and oxygen atoms in total. The molecule has 1 aliphatic rings. The molecule has 1 fully saturated rings. The maximum Gasteiger partial charge on any atom is 0.407 e. The van der Waals surface area contributed by atoms with Gasteiger partial charge >= 0.3 is 6.09 Å². The summed E-state index contributed by atoms with van der Waals surface area (Å²) in [5.74, 6) is 0.844. The van der Waals surface area contributed by atoms with E-state index in [-0.39, 0.29) is 6.09 Å². The lowest BCUT2D eigenvalue weighted by atomic mass is 9.78. The van der Waals surface area contributed by atoms with Gasteiger partial charge in [-0.3, -0.25) is 10.1 Å². The first kappa shape index (κ1) is 23.3. The quantitative estimate of drug-likeness (QED) is 0.444. The number of hydrogen-bond acceptors (Lipinski definition) is 4. The molecule has 1 aromatic carbocycles. The first-order valence-electron chi connectivity index (χ1n) is 11.5. The minimum absolute atomic E-state index is 0.342. The van der Waals surface area contributed by atoms with E-state index in [4.69, 9.17) is 21.4 Å². The molecular formula is C26H31ClN4O2. The fourth-order valence-electron chi connectivity index (χ4n) is 4.48. The lowest BCUT2D eigenvalue weighted by Gasteiger charge is -2.29. The molecular weight excluding hydrogens is 436 g/mol. The van der Waals surface area contributed by atoms with Crippen LogP contribution in [0.1, 0.15) is 58.1 Å². The summed E-state index contributed by atoms with van der Waals surface area (Å²) in [5.41, 5.74) is 4.89. The van der Waals surface area contributed by atoms with Crippen LogP contribution in [0.2, 0.25) is 5.02 Å². The Hall–Kier alpha value is -2.86. The van der Waals surface area contributed by atoms with E-state index in [2.05, 4.69) is 15.4 Å². The summed E-state index contributed by atoms with van der Waals surface area (Å²) in [4.78, 5) is 16.2. The molecule has 1 amide bonds. The topological polar surface area (TPSA) is 79.9 Å². The lowest BCUT2D eigenvalue weighted by Crippen LogP contribution is -2.36. The second-order valence-electron chi connectivity index (χ2n) is 9.70. The van der Waals surface area contributed by atoms with E-state index in [9.17, 15) is 4.79 Å². The van der Waals surface area contributed by atoms with Crippen molar-refractivity contribution in [1.29, 1.82) is 0 Å². The Bertz CT molecular complexity index is 1070. The lowest BCUT2D eigenvalue weighted by molar-refractivity contribution is 0.0514. The van der Waals surface area contributed by atoms with Crippen LogP contribution < -0.4 is 5.32 Å². The molecule has 0 saturated heterocycles. The summed E-state index contributed by atoms with van der Waals surface area (Å²) in [6.07, 6.45) is 7.47. The number of H-pyrrole nitrogens is 1. The molecule has 0 aliphatic heterocycles. The van der Waals surface area contributed by atoms with Crippen LogP contribution in [-0.2, 0) is 4.74 Å². The van der Waals surface area contributed by atoms with Crippen molar-refractivity contribution >= 4 is 17.7 Å². The minimum atomic E-state index is -0.479. The Morgan fingerprint density at radius 3 is 2.36 bits per heavy atom. The number of rotatable bonds is 5. The molecule has 1 aliphatic carbocycles. The van der Waals surface area contributed by atoms with E-state index in [0.29, 0.717) is 23.4 Å². The molecule has 174 valence electrons. The molecule has 2 N–H and O–H groups in total. The third-order valence-corrected chi connectivity index (χ3v) is 6.32. The van der Waals surface area contributed by atoms with Gasteiger partial charge in [-0.2, -0.15) is 5.10 Å². The number of alkyl carbamates (subject to hydrolysis) is 1. The average Bonchev–Trinajstić information content (AvgIpc) is 3.23. The highest BCUT2D eigenvalue weighted by molar-refractivity contribution is 6.30. The standard InChI is InChI=1S/C26H31ClN4O2/c1-26(2,3)33-25(32)29-16-17-4-6-19(7-5-17)23-22(18-12-14-28-15-13-18)24(31-30-23)20-8-10-21(27)11-9-20/h8-15,17,19H,4-7,16H2,1-3H3,(H,29,32)(H,30,31). The van der Waals surface area contributed by atoms with Crippen LogP contribution in [0.3, 0.4) is 0 Å². The highest BCUT2D eigenvalue weighted by Gasteiger charge is 2.28. The predicted molar refractivity (Wildman–Crippen MR) is 131 cm³/mol. The Morgan fingerprint density at radius 2 is 1.73 bits per heavy atom. The van der Waals surface area contributed by atoms with Crippen molar-refractivity contribution < 1.29 is 9.53 Å². The number of amides is 1. The fraction of sp³-hybridized carbons (Fsp3) is 0.423. The molecule has 4 rings (SSSR count). The molecule has 0 atom stereocenters. The van der Waals surface area contributed by atoms with Crippen LogP contribution in [0.15, 0.2) is 48.8 Å². The second kappa shape index (κ2) is 9.96. The van der Waals surface area contributed by atoms with Crippen molar-refractivity contribution in [3.05, 3.63) is 59.5 Å². The smallest absolute Gasteiger partial charge is 0.407 e. The molecule has 1 saturated carbocycles. The summed E-state index contributed by atoms with van der Waals surface area (Å²) in [7, 11) is 0. The summed E-state index contributed by atoms with van der Waals surface area (Å²) in [6.45, 7) is 6.28. The SMILES string of the molecule is CC(C)(C)OC(=O)NCC1CCC(c2[nH]nc(-c3ccc(Cl)cc3)c2-c2ccncc2)CC1. The van der Waals surface area contributed by atoms with Crippen molar-refractivity contribution in [2.24, 2.45) is 5.92 Å². The number of aromatic amines is 1. The van der Waals surface area contributed by atoms with Crippen molar-refractivity contribution in [3.63, 3.8) is 0 Å². The first-order chi connectivity index (χ1) is 15.8. The molecule has 0 spiro atoms. The van der Waals surface area contributed by atoms with Crippen molar-refractivity contribution in [2.45, 2.75) is 58.0 Å². The van der Waals surface area contributed by atoms with Crippen molar-refractivity contribution in [1.82, 2.24) is 20.5 Å². The van der Waals surface area contributed by atoms with Gasteiger partial charge in [-0.05, 0) is 82.2 Å². The van der Waals surface area contributed by atoms with E-state index in [1.165, 1.54) is 5.69 Å². The van der Waals surface area contributed by atoms with Gasteiger partial charge in [0.2, 0.25) is 0 Å². The number of carbonyl (C=O) groups excluding carboxylic acids is 1. The van der Waals surface area contributed by atoms with Crippen LogP contribution in [0.4, 0.5) is 4.79 Å². The largest absolute Gasteiger partial charge is 0.444 e. The molecule has 0 radical (unpaired) electrons. The normalized spacial score (nSPS) is 18.7.